The van der Waals surface area contributed by atoms with E-state index in [-0.39, 0.29) is 12.1 Å². The van der Waals surface area contributed by atoms with Crippen LogP contribution in [0.15, 0.2) is 52.3 Å². The molecule has 0 spiro atoms. The molecule has 1 aromatic carbocycles. The Morgan fingerprint density at radius 3 is 2.90 bits per heavy atom. The summed E-state index contributed by atoms with van der Waals surface area (Å²) >= 11 is 1.49. The van der Waals surface area contributed by atoms with Crippen LogP contribution in [-0.4, -0.2) is 12.1 Å². The highest BCUT2D eigenvalue weighted by Crippen LogP contribution is 2.20. The van der Waals surface area contributed by atoms with Crippen LogP contribution >= 0.6 is 11.3 Å². The van der Waals surface area contributed by atoms with E-state index >= 15 is 0 Å². The van der Waals surface area contributed by atoms with Crippen molar-refractivity contribution in [3.05, 3.63) is 53.6 Å². The van der Waals surface area contributed by atoms with Gasteiger partial charge >= 0.3 is 6.03 Å². The molecule has 0 fully saturated rings. The normalized spacial score (nSPS) is 12.2. The number of hydrogen-bond donors (Lipinski definition) is 2. The Balaban J connectivity index is 1.58. The molecule has 0 radical (unpaired) electrons. The van der Waals surface area contributed by atoms with E-state index in [1.165, 1.54) is 11.3 Å². The SMILES string of the molecule is CC(Cc1cc2ccccc2o1)NC(=O)Nc1cccs1. The number of carbonyl (C=O) groups excluding carboxylic acids is 1. The molecule has 0 saturated heterocycles. The zero-order chi connectivity index (χ0) is 14.7. The minimum atomic E-state index is -0.193. The molecule has 0 aliphatic heterocycles. The number of para-hydroxylation sites is 1. The van der Waals surface area contributed by atoms with Crippen LogP contribution in [0, 0.1) is 0 Å². The van der Waals surface area contributed by atoms with Gasteiger partial charge in [0.1, 0.15) is 11.3 Å². The summed E-state index contributed by atoms with van der Waals surface area (Å²) in [5.41, 5.74) is 0.878. The first-order valence-corrected chi connectivity index (χ1v) is 7.67. The number of anilines is 1. The second-order valence-corrected chi connectivity index (χ2v) is 5.88. The van der Waals surface area contributed by atoms with Crippen LogP contribution in [0.2, 0.25) is 0 Å². The number of nitrogens with one attached hydrogen (secondary N) is 2. The van der Waals surface area contributed by atoms with E-state index < -0.39 is 0 Å². The summed E-state index contributed by atoms with van der Waals surface area (Å²) in [4.78, 5) is 11.8. The van der Waals surface area contributed by atoms with Crippen LogP contribution in [-0.2, 0) is 6.42 Å². The maximum Gasteiger partial charge on any atom is 0.320 e. The van der Waals surface area contributed by atoms with Crippen LogP contribution in [0.5, 0.6) is 0 Å². The summed E-state index contributed by atoms with van der Waals surface area (Å²) in [6.07, 6.45) is 0.659. The fourth-order valence-corrected chi connectivity index (χ4v) is 2.82. The summed E-state index contributed by atoms with van der Waals surface area (Å²) in [5.74, 6) is 0.875. The van der Waals surface area contributed by atoms with Crippen molar-refractivity contribution in [2.45, 2.75) is 19.4 Å². The number of rotatable bonds is 4. The number of hydrogen-bond acceptors (Lipinski definition) is 3. The molecule has 21 heavy (non-hydrogen) atoms. The molecule has 0 bridgehead atoms. The van der Waals surface area contributed by atoms with Gasteiger partial charge in [0.2, 0.25) is 0 Å². The first kappa shape index (κ1) is 13.7. The van der Waals surface area contributed by atoms with Crippen LogP contribution in [0.4, 0.5) is 9.80 Å². The van der Waals surface area contributed by atoms with Gasteiger partial charge in [-0.2, -0.15) is 0 Å². The van der Waals surface area contributed by atoms with E-state index in [2.05, 4.69) is 10.6 Å². The topological polar surface area (TPSA) is 54.3 Å². The molecule has 2 N–H and O–H groups in total. The Hall–Kier alpha value is -2.27. The molecule has 5 heteroatoms. The van der Waals surface area contributed by atoms with Gasteiger partial charge in [0, 0.05) is 17.8 Å². The van der Waals surface area contributed by atoms with Crippen LogP contribution in [0.1, 0.15) is 12.7 Å². The van der Waals surface area contributed by atoms with Gasteiger partial charge in [0.05, 0.1) is 5.00 Å². The largest absolute Gasteiger partial charge is 0.461 e. The Labute approximate surface area is 126 Å². The number of fused-ring (bicyclic) bond motifs is 1. The highest BCUT2D eigenvalue weighted by atomic mass is 32.1. The van der Waals surface area contributed by atoms with Crippen LogP contribution in [0.25, 0.3) is 11.0 Å². The van der Waals surface area contributed by atoms with Gasteiger partial charge in [-0.05, 0) is 36.6 Å². The molecule has 1 unspecified atom stereocenters. The first-order valence-electron chi connectivity index (χ1n) is 6.79. The second kappa shape index (κ2) is 6.01. The number of thiophene rings is 1. The van der Waals surface area contributed by atoms with Crippen molar-refractivity contribution in [3.63, 3.8) is 0 Å². The summed E-state index contributed by atoms with van der Waals surface area (Å²) in [6, 6.07) is 13.5. The average Bonchev–Trinajstić information content (AvgIpc) is 3.06. The molecule has 4 nitrogen and oxygen atoms in total. The van der Waals surface area contributed by atoms with Gasteiger partial charge in [-0.15, -0.1) is 11.3 Å². The lowest BCUT2D eigenvalue weighted by Gasteiger charge is -2.12. The third kappa shape index (κ3) is 3.44. The summed E-state index contributed by atoms with van der Waals surface area (Å²) in [5, 5.41) is 9.56. The molecule has 3 rings (SSSR count). The quantitative estimate of drug-likeness (QED) is 0.757. The lowest BCUT2D eigenvalue weighted by atomic mass is 10.2. The minimum Gasteiger partial charge on any atom is -0.461 e. The van der Waals surface area contributed by atoms with Crippen molar-refractivity contribution in [1.29, 1.82) is 0 Å². The molecular formula is C16H16N2O2S. The lowest BCUT2D eigenvalue weighted by Crippen LogP contribution is -2.37. The standard InChI is InChI=1S/C16H16N2O2S/c1-11(17-16(19)18-15-7-4-8-21-15)9-13-10-12-5-2-3-6-14(12)20-13/h2-8,10-11H,9H2,1H3,(H2,17,18,19). The summed E-state index contributed by atoms with van der Waals surface area (Å²) in [6.45, 7) is 1.96. The molecule has 0 saturated carbocycles. The Bertz CT molecular complexity index is 701. The van der Waals surface area contributed by atoms with E-state index in [0.29, 0.717) is 6.42 Å². The molecule has 108 valence electrons. The molecule has 0 aliphatic rings. The van der Waals surface area contributed by atoms with E-state index in [1.807, 2.05) is 54.8 Å². The molecule has 2 aromatic heterocycles. The maximum atomic E-state index is 11.8. The smallest absolute Gasteiger partial charge is 0.320 e. The van der Waals surface area contributed by atoms with Gasteiger partial charge in [0.15, 0.2) is 0 Å². The van der Waals surface area contributed by atoms with Crippen molar-refractivity contribution in [1.82, 2.24) is 5.32 Å². The maximum absolute atomic E-state index is 11.8. The number of amides is 2. The highest BCUT2D eigenvalue weighted by molar-refractivity contribution is 7.14. The number of carbonyl (C=O) groups is 1. The minimum absolute atomic E-state index is 0.00877. The third-order valence-corrected chi connectivity index (χ3v) is 3.90. The van der Waals surface area contributed by atoms with Gasteiger partial charge < -0.3 is 9.73 Å². The van der Waals surface area contributed by atoms with Crippen molar-refractivity contribution < 1.29 is 9.21 Å². The highest BCUT2D eigenvalue weighted by Gasteiger charge is 2.11. The van der Waals surface area contributed by atoms with Crippen LogP contribution in [0.3, 0.4) is 0 Å². The van der Waals surface area contributed by atoms with Gasteiger partial charge in [-0.1, -0.05) is 18.2 Å². The van der Waals surface area contributed by atoms with Crippen molar-refractivity contribution in [2.24, 2.45) is 0 Å². The van der Waals surface area contributed by atoms with E-state index in [9.17, 15) is 4.79 Å². The number of furan rings is 1. The molecule has 2 heterocycles. The monoisotopic (exact) mass is 300 g/mol. The fourth-order valence-electron chi connectivity index (χ4n) is 2.21. The van der Waals surface area contributed by atoms with E-state index in [4.69, 9.17) is 4.42 Å². The van der Waals surface area contributed by atoms with Crippen molar-refractivity contribution >= 4 is 33.3 Å². The van der Waals surface area contributed by atoms with Gasteiger partial charge in [-0.25, -0.2) is 4.79 Å². The zero-order valence-corrected chi connectivity index (χ0v) is 12.4. The first-order chi connectivity index (χ1) is 10.2. The number of urea groups is 1. The van der Waals surface area contributed by atoms with E-state index in [1.54, 1.807) is 0 Å². The second-order valence-electron chi connectivity index (χ2n) is 4.93. The molecule has 2 amide bonds. The predicted octanol–water partition coefficient (Wildman–Crippen LogP) is 4.25. The third-order valence-electron chi connectivity index (χ3n) is 3.12. The number of benzene rings is 1. The van der Waals surface area contributed by atoms with Crippen molar-refractivity contribution in [3.8, 4) is 0 Å². The zero-order valence-electron chi connectivity index (χ0n) is 11.6. The van der Waals surface area contributed by atoms with Gasteiger partial charge in [-0.3, -0.25) is 5.32 Å². The van der Waals surface area contributed by atoms with Gasteiger partial charge in [0.25, 0.3) is 0 Å². The van der Waals surface area contributed by atoms with E-state index in [0.717, 1.165) is 21.7 Å². The Kier molecular flexibility index (Phi) is 3.92. The fraction of sp³-hybridized carbons (Fsp3) is 0.188. The summed E-state index contributed by atoms with van der Waals surface area (Å²) < 4.78 is 5.76. The Morgan fingerprint density at radius 2 is 2.14 bits per heavy atom. The predicted molar refractivity (Wildman–Crippen MR) is 85.9 cm³/mol. The Morgan fingerprint density at radius 1 is 1.29 bits per heavy atom. The molecule has 3 aromatic rings. The molecule has 1 atom stereocenters. The summed E-state index contributed by atoms with van der Waals surface area (Å²) in [7, 11) is 0. The molecular weight excluding hydrogens is 284 g/mol. The van der Waals surface area contributed by atoms with Crippen molar-refractivity contribution in [2.75, 3.05) is 5.32 Å². The molecule has 0 aliphatic carbocycles. The lowest BCUT2D eigenvalue weighted by molar-refractivity contribution is 0.249. The average molecular weight is 300 g/mol. The van der Waals surface area contributed by atoms with Crippen LogP contribution < -0.4 is 10.6 Å².